The van der Waals surface area contributed by atoms with E-state index in [0.717, 1.165) is 23.1 Å². The van der Waals surface area contributed by atoms with Gasteiger partial charge in [-0.1, -0.05) is 42.5 Å². The number of carbonyl (C=O) groups excluding carboxylic acids is 1. The van der Waals surface area contributed by atoms with E-state index in [-0.39, 0.29) is 12.5 Å². The molecule has 0 radical (unpaired) electrons. The molecule has 1 N–H and O–H groups in total. The summed E-state index contributed by atoms with van der Waals surface area (Å²) in [7, 11) is -1.93. The van der Waals surface area contributed by atoms with Gasteiger partial charge in [-0.25, -0.2) is 8.42 Å². The van der Waals surface area contributed by atoms with Gasteiger partial charge in [-0.05, 0) is 36.6 Å². The van der Waals surface area contributed by atoms with Crippen LogP contribution in [0.15, 0.2) is 54.6 Å². The molecule has 7 heteroatoms. The van der Waals surface area contributed by atoms with Crippen LogP contribution in [0.1, 0.15) is 24.1 Å². The molecule has 0 aromatic heterocycles. The van der Waals surface area contributed by atoms with E-state index in [4.69, 9.17) is 4.74 Å². The highest BCUT2D eigenvalue weighted by molar-refractivity contribution is 7.88. The van der Waals surface area contributed by atoms with E-state index >= 15 is 0 Å². The van der Waals surface area contributed by atoms with Crippen molar-refractivity contribution in [2.45, 2.75) is 19.4 Å². The van der Waals surface area contributed by atoms with Crippen molar-refractivity contribution >= 4 is 15.9 Å². The second-order valence-electron chi connectivity index (χ2n) is 6.35. The number of methoxy groups -OCH3 is 1. The van der Waals surface area contributed by atoms with E-state index in [0.29, 0.717) is 13.0 Å². The highest BCUT2D eigenvalue weighted by Gasteiger charge is 2.26. The first kappa shape index (κ1) is 20.9. The fraction of sp³-hybridized carbons (Fsp3) is 0.350. The predicted octanol–water partition coefficient (Wildman–Crippen LogP) is 2.38. The van der Waals surface area contributed by atoms with Gasteiger partial charge in [0.2, 0.25) is 15.9 Å². The summed E-state index contributed by atoms with van der Waals surface area (Å²) in [6.07, 6.45) is 1.76. The van der Waals surface area contributed by atoms with Crippen molar-refractivity contribution in [3.05, 3.63) is 65.7 Å². The summed E-state index contributed by atoms with van der Waals surface area (Å²) in [5.74, 6) is 0.435. The van der Waals surface area contributed by atoms with E-state index in [9.17, 15) is 13.2 Å². The lowest BCUT2D eigenvalue weighted by Gasteiger charge is -2.26. The number of carbonyl (C=O) groups is 1. The Balaban J connectivity index is 1.96. The first-order valence-electron chi connectivity index (χ1n) is 8.72. The first-order valence-corrected chi connectivity index (χ1v) is 10.6. The van der Waals surface area contributed by atoms with Gasteiger partial charge in [-0.15, -0.1) is 0 Å². The Labute approximate surface area is 161 Å². The fourth-order valence-electron chi connectivity index (χ4n) is 2.81. The van der Waals surface area contributed by atoms with Gasteiger partial charge in [0.15, 0.2) is 0 Å². The van der Waals surface area contributed by atoms with Gasteiger partial charge in [0, 0.05) is 12.6 Å². The molecule has 0 aliphatic carbocycles. The lowest BCUT2D eigenvalue weighted by molar-refractivity contribution is -0.121. The Morgan fingerprint density at radius 1 is 1.15 bits per heavy atom. The smallest absolute Gasteiger partial charge is 0.235 e. The van der Waals surface area contributed by atoms with Crippen LogP contribution in [0.2, 0.25) is 0 Å². The summed E-state index contributed by atoms with van der Waals surface area (Å²) >= 11 is 0. The molecule has 6 nitrogen and oxygen atoms in total. The van der Waals surface area contributed by atoms with E-state index in [1.807, 2.05) is 54.6 Å². The summed E-state index contributed by atoms with van der Waals surface area (Å²) in [5.41, 5.74) is 1.87. The van der Waals surface area contributed by atoms with E-state index in [2.05, 4.69) is 5.32 Å². The van der Waals surface area contributed by atoms with E-state index < -0.39 is 16.1 Å². The van der Waals surface area contributed by atoms with Gasteiger partial charge < -0.3 is 10.1 Å². The first-order chi connectivity index (χ1) is 12.8. The van der Waals surface area contributed by atoms with Crippen molar-refractivity contribution in [2.75, 3.05) is 26.5 Å². The van der Waals surface area contributed by atoms with Gasteiger partial charge in [-0.3, -0.25) is 4.79 Å². The van der Waals surface area contributed by atoms with Crippen LogP contribution in [0.25, 0.3) is 0 Å². The molecule has 27 heavy (non-hydrogen) atoms. The predicted molar refractivity (Wildman–Crippen MR) is 106 cm³/mol. The lowest BCUT2D eigenvalue weighted by atomic mass is 10.1. The van der Waals surface area contributed by atoms with E-state index in [1.165, 1.54) is 4.31 Å². The molecule has 1 amide bonds. The van der Waals surface area contributed by atoms with Crippen molar-refractivity contribution in [1.29, 1.82) is 0 Å². The van der Waals surface area contributed by atoms with Crippen LogP contribution in [0.5, 0.6) is 5.75 Å². The maximum absolute atomic E-state index is 12.3. The third-order valence-electron chi connectivity index (χ3n) is 4.31. The number of benzene rings is 2. The number of nitrogens with one attached hydrogen (secondary N) is 1. The quantitative estimate of drug-likeness (QED) is 0.713. The third kappa shape index (κ3) is 6.37. The largest absolute Gasteiger partial charge is 0.497 e. The van der Waals surface area contributed by atoms with Crippen molar-refractivity contribution in [1.82, 2.24) is 9.62 Å². The maximum Gasteiger partial charge on any atom is 0.235 e. The Morgan fingerprint density at radius 3 is 2.48 bits per heavy atom. The molecular weight excluding hydrogens is 364 g/mol. The second kappa shape index (κ2) is 9.53. The van der Waals surface area contributed by atoms with Crippen LogP contribution in [0, 0.1) is 0 Å². The zero-order valence-electron chi connectivity index (χ0n) is 15.9. The molecule has 1 atom stereocenters. The number of amides is 1. The van der Waals surface area contributed by atoms with Gasteiger partial charge >= 0.3 is 0 Å². The molecular formula is C20H26N2O4S. The van der Waals surface area contributed by atoms with Gasteiger partial charge in [-0.2, -0.15) is 4.31 Å². The molecule has 2 rings (SSSR count). The zero-order valence-corrected chi connectivity index (χ0v) is 16.7. The molecule has 0 aliphatic rings. The number of hydrogen-bond donors (Lipinski definition) is 1. The highest BCUT2D eigenvalue weighted by Crippen LogP contribution is 2.22. The monoisotopic (exact) mass is 390 g/mol. The summed E-state index contributed by atoms with van der Waals surface area (Å²) in [6.45, 7) is 1.98. The van der Waals surface area contributed by atoms with Gasteiger partial charge in [0.05, 0.1) is 19.9 Å². The minimum absolute atomic E-state index is 0.215. The number of hydrogen-bond acceptors (Lipinski definition) is 4. The molecule has 2 aromatic carbocycles. The molecule has 0 saturated heterocycles. The van der Waals surface area contributed by atoms with Crippen molar-refractivity contribution in [2.24, 2.45) is 0 Å². The summed E-state index contributed by atoms with van der Waals surface area (Å²) in [4.78, 5) is 12.3. The Hall–Kier alpha value is -2.38. The van der Waals surface area contributed by atoms with Crippen LogP contribution in [0.4, 0.5) is 0 Å². The van der Waals surface area contributed by atoms with Crippen LogP contribution >= 0.6 is 0 Å². The molecule has 0 heterocycles. The molecule has 0 aliphatic heterocycles. The summed E-state index contributed by atoms with van der Waals surface area (Å²) in [5, 5.41) is 2.79. The van der Waals surface area contributed by atoms with Crippen LogP contribution < -0.4 is 10.1 Å². The van der Waals surface area contributed by atoms with Gasteiger partial charge in [0.1, 0.15) is 5.75 Å². The maximum atomic E-state index is 12.3. The average molecular weight is 391 g/mol. The Bertz CT molecular complexity index is 853. The topological polar surface area (TPSA) is 75.7 Å². The van der Waals surface area contributed by atoms with Crippen LogP contribution in [-0.4, -0.2) is 45.1 Å². The molecule has 0 bridgehead atoms. The fourth-order valence-corrected chi connectivity index (χ4v) is 3.86. The van der Waals surface area contributed by atoms with Crippen LogP contribution in [0.3, 0.4) is 0 Å². The molecule has 2 aromatic rings. The normalized spacial score (nSPS) is 12.6. The zero-order chi connectivity index (χ0) is 19.9. The lowest BCUT2D eigenvalue weighted by Crippen LogP contribution is -2.42. The molecule has 0 fully saturated rings. The summed E-state index contributed by atoms with van der Waals surface area (Å²) in [6, 6.07) is 16.5. The number of sulfonamides is 1. The average Bonchev–Trinajstić information content (AvgIpc) is 2.65. The SMILES string of the molecule is COc1cccc(CCNC(=O)CN(C(C)c2ccccc2)S(C)(=O)=O)c1. The minimum atomic E-state index is -3.54. The van der Waals surface area contributed by atoms with Crippen molar-refractivity contribution < 1.29 is 17.9 Å². The highest BCUT2D eigenvalue weighted by atomic mass is 32.2. The number of nitrogens with zero attached hydrogens (tertiary/aromatic N) is 1. The number of rotatable bonds is 9. The minimum Gasteiger partial charge on any atom is -0.497 e. The molecule has 146 valence electrons. The van der Waals surface area contributed by atoms with Gasteiger partial charge in [0.25, 0.3) is 0 Å². The number of ether oxygens (including phenoxy) is 1. The Kier molecular flexibility index (Phi) is 7.38. The molecule has 0 spiro atoms. The van der Waals surface area contributed by atoms with Crippen molar-refractivity contribution in [3.8, 4) is 5.75 Å². The standard InChI is InChI=1S/C20H26N2O4S/c1-16(18-9-5-4-6-10-18)22(27(3,24)25)15-20(23)21-13-12-17-8-7-11-19(14-17)26-2/h4-11,14,16H,12-13,15H2,1-3H3,(H,21,23). The molecule has 0 saturated carbocycles. The summed E-state index contributed by atoms with van der Waals surface area (Å²) < 4.78 is 30.8. The second-order valence-corrected chi connectivity index (χ2v) is 8.28. The van der Waals surface area contributed by atoms with E-state index in [1.54, 1.807) is 14.0 Å². The Morgan fingerprint density at radius 2 is 1.85 bits per heavy atom. The third-order valence-corrected chi connectivity index (χ3v) is 5.61. The molecule has 1 unspecified atom stereocenters. The van der Waals surface area contributed by atoms with Crippen LogP contribution in [-0.2, 0) is 21.2 Å². The van der Waals surface area contributed by atoms with Crippen molar-refractivity contribution in [3.63, 3.8) is 0 Å².